The second kappa shape index (κ2) is 4.68. The zero-order valence-electron chi connectivity index (χ0n) is 8.29. The maximum absolute atomic E-state index is 12.6. The summed E-state index contributed by atoms with van der Waals surface area (Å²) in [5, 5.41) is 0.778. The van der Waals surface area contributed by atoms with Gasteiger partial charge in [0.05, 0.1) is 10.7 Å². The Morgan fingerprint density at radius 1 is 1.17 bits per heavy atom. The molecule has 1 amide bonds. The van der Waals surface area contributed by atoms with Gasteiger partial charge >= 0.3 is 18.0 Å². The monoisotopic (exact) mass is 291 g/mol. The van der Waals surface area contributed by atoms with Crippen LogP contribution in [0, 0.1) is 5.82 Å². The molecule has 1 rings (SSSR count). The molecule has 0 aliphatic rings. The van der Waals surface area contributed by atoms with Gasteiger partial charge in [-0.25, -0.2) is 4.39 Å². The molecule has 2 nitrogen and oxygen atoms in total. The predicted octanol–water partition coefficient (Wildman–Crippen LogP) is 3.62. The Balaban J connectivity index is 2.95. The van der Waals surface area contributed by atoms with Crippen molar-refractivity contribution in [3.8, 4) is 0 Å². The molecule has 0 atom stereocenters. The summed E-state index contributed by atoms with van der Waals surface area (Å²) >= 11 is 5.36. The number of carbonyl (C=O) groups excluding carboxylic acids is 1. The van der Waals surface area contributed by atoms with Gasteiger partial charge in [-0.05, 0) is 18.2 Å². The summed E-state index contributed by atoms with van der Waals surface area (Å²) in [7, 11) is 0. The molecule has 0 aliphatic carbocycles. The zero-order chi connectivity index (χ0) is 14.1. The summed E-state index contributed by atoms with van der Waals surface area (Å²) in [6.45, 7) is 0. The molecule has 0 fully saturated rings. The maximum atomic E-state index is 12.6. The summed E-state index contributed by atoms with van der Waals surface area (Å²) in [5.41, 5.74) is -0.549. The highest BCUT2D eigenvalue weighted by molar-refractivity contribution is 6.33. The first-order valence-electron chi connectivity index (χ1n) is 4.27. The molecule has 0 aromatic heterocycles. The third kappa shape index (κ3) is 2.87. The lowest BCUT2D eigenvalue weighted by molar-refractivity contribution is -0.267. The van der Waals surface area contributed by atoms with Crippen LogP contribution in [0.25, 0.3) is 0 Å². The Bertz CT molecular complexity index is 473. The van der Waals surface area contributed by atoms with Crippen molar-refractivity contribution < 1.29 is 31.1 Å². The van der Waals surface area contributed by atoms with Crippen LogP contribution >= 0.6 is 11.6 Å². The Labute approximate surface area is 102 Å². The first-order valence-corrected chi connectivity index (χ1v) is 4.64. The van der Waals surface area contributed by atoms with Crippen LogP contribution in [0.1, 0.15) is 0 Å². The van der Waals surface area contributed by atoms with Crippen LogP contribution in [-0.4, -0.2) is 18.0 Å². The molecular weight excluding hydrogens is 288 g/mol. The van der Waals surface area contributed by atoms with Gasteiger partial charge in [-0.15, -0.1) is 0 Å². The summed E-state index contributed by atoms with van der Waals surface area (Å²) in [4.78, 5) is 10.8. The van der Waals surface area contributed by atoms with Gasteiger partial charge in [-0.1, -0.05) is 11.6 Å². The van der Waals surface area contributed by atoms with E-state index in [0.717, 1.165) is 12.1 Å². The minimum atomic E-state index is -6.02. The molecular formula is C9H4ClF6NO. The van der Waals surface area contributed by atoms with Crippen LogP contribution < -0.4 is 5.32 Å². The third-order valence-electron chi connectivity index (χ3n) is 1.82. The van der Waals surface area contributed by atoms with E-state index >= 15 is 0 Å². The van der Waals surface area contributed by atoms with Gasteiger partial charge in [-0.2, -0.15) is 22.0 Å². The standard InChI is InChI=1S/C9H4ClF6NO/c10-5-3-4(11)1-2-6(5)17-7(18)8(12,13)9(14,15)16/h1-3H,(H,17,18). The van der Waals surface area contributed by atoms with Crippen molar-refractivity contribution >= 4 is 23.2 Å². The van der Waals surface area contributed by atoms with Gasteiger partial charge < -0.3 is 5.32 Å². The average molecular weight is 292 g/mol. The van der Waals surface area contributed by atoms with Crippen molar-refractivity contribution in [1.82, 2.24) is 0 Å². The number of hydrogen-bond donors (Lipinski definition) is 1. The molecule has 0 aliphatic heterocycles. The van der Waals surface area contributed by atoms with E-state index in [1.165, 1.54) is 5.32 Å². The summed E-state index contributed by atoms with van der Waals surface area (Å²) in [6.07, 6.45) is -6.02. The lowest BCUT2D eigenvalue weighted by Crippen LogP contribution is -2.47. The molecule has 0 saturated heterocycles. The second-order valence-electron chi connectivity index (χ2n) is 3.15. The highest BCUT2D eigenvalue weighted by Gasteiger charge is 2.63. The van der Waals surface area contributed by atoms with Crippen molar-refractivity contribution in [2.75, 3.05) is 5.32 Å². The number of rotatable bonds is 2. The smallest absolute Gasteiger partial charge is 0.319 e. The van der Waals surface area contributed by atoms with Crippen LogP contribution in [0.15, 0.2) is 18.2 Å². The van der Waals surface area contributed by atoms with E-state index in [1.807, 2.05) is 0 Å². The van der Waals surface area contributed by atoms with Gasteiger partial charge in [0.2, 0.25) is 0 Å². The van der Waals surface area contributed by atoms with E-state index in [2.05, 4.69) is 0 Å². The molecule has 0 heterocycles. The van der Waals surface area contributed by atoms with Gasteiger partial charge in [-0.3, -0.25) is 4.79 Å². The molecule has 0 radical (unpaired) electrons. The van der Waals surface area contributed by atoms with Crippen LogP contribution in [0.5, 0.6) is 0 Å². The zero-order valence-corrected chi connectivity index (χ0v) is 9.04. The molecule has 18 heavy (non-hydrogen) atoms. The molecule has 0 saturated carbocycles. The Kier molecular flexibility index (Phi) is 3.80. The topological polar surface area (TPSA) is 29.1 Å². The molecule has 0 bridgehead atoms. The van der Waals surface area contributed by atoms with E-state index < -0.39 is 34.5 Å². The quantitative estimate of drug-likeness (QED) is 0.829. The van der Waals surface area contributed by atoms with Crippen molar-refractivity contribution in [3.05, 3.63) is 29.0 Å². The molecule has 0 spiro atoms. The SMILES string of the molecule is O=C(Nc1ccc(F)cc1Cl)C(F)(F)C(F)(F)F. The largest absolute Gasteiger partial charge is 0.463 e. The van der Waals surface area contributed by atoms with Crippen LogP contribution in [0.4, 0.5) is 32.0 Å². The number of alkyl halides is 5. The molecule has 100 valence electrons. The lowest BCUT2D eigenvalue weighted by Gasteiger charge is -2.18. The van der Waals surface area contributed by atoms with Crippen LogP contribution in [0.2, 0.25) is 5.02 Å². The highest BCUT2D eigenvalue weighted by Crippen LogP contribution is 2.36. The fraction of sp³-hybridized carbons (Fsp3) is 0.222. The number of nitrogens with one attached hydrogen (secondary N) is 1. The van der Waals surface area contributed by atoms with E-state index in [4.69, 9.17) is 11.6 Å². The number of halogens is 7. The van der Waals surface area contributed by atoms with E-state index in [9.17, 15) is 31.1 Å². The van der Waals surface area contributed by atoms with E-state index in [1.54, 1.807) is 0 Å². The van der Waals surface area contributed by atoms with Crippen LogP contribution in [0.3, 0.4) is 0 Å². The number of hydrogen-bond acceptors (Lipinski definition) is 1. The third-order valence-corrected chi connectivity index (χ3v) is 2.13. The van der Waals surface area contributed by atoms with Crippen molar-refractivity contribution in [2.24, 2.45) is 0 Å². The molecule has 1 aromatic carbocycles. The predicted molar refractivity (Wildman–Crippen MR) is 51.0 cm³/mol. The maximum Gasteiger partial charge on any atom is 0.463 e. The van der Waals surface area contributed by atoms with Crippen molar-refractivity contribution in [3.63, 3.8) is 0 Å². The summed E-state index contributed by atoms with van der Waals surface area (Å²) in [5.74, 6) is -8.99. The normalized spacial score (nSPS) is 12.4. The van der Waals surface area contributed by atoms with Gasteiger partial charge in [0.15, 0.2) is 0 Å². The van der Waals surface area contributed by atoms with Gasteiger partial charge in [0.25, 0.3) is 0 Å². The van der Waals surface area contributed by atoms with Crippen molar-refractivity contribution in [1.29, 1.82) is 0 Å². The number of carbonyl (C=O) groups is 1. The number of anilines is 1. The molecule has 9 heteroatoms. The number of amides is 1. The minimum absolute atomic E-state index is 0.499. The molecule has 0 unspecified atom stereocenters. The van der Waals surface area contributed by atoms with Crippen molar-refractivity contribution in [2.45, 2.75) is 12.1 Å². The first-order chi connectivity index (χ1) is 8.05. The minimum Gasteiger partial charge on any atom is -0.319 e. The number of benzene rings is 1. The molecule has 1 N–H and O–H groups in total. The van der Waals surface area contributed by atoms with E-state index in [-0.39, 0.29) is 0 Å². The molecule has 1 aromatic rings. The van der Waals surface area contributed by atoms with Crippen LogP contribution in [-0.2, 0) is 4.79 Å². The van der Waals surface area contributed by atoms with Gasteiger partial charge in [0, 0.05) is 0 Å². The van der Waals surface area contributed by atoms with Gasteiger partial charge in [0.1, 0.15) is 5.82 Å². The Hall–Kier alpha value is -1.44. The average Bonchev–Trinajstić information content (AvgIpc) is 2.20. The summed E-state index contributed by atoms with van der Waals surface area (Å²) < 4.78 is 73.3. The summed E-state index contributed by atoms with van der Waals surface area (Å²) in [6, 6.07) is 2.16. The highest BCUT2D eigenvalue weighted by atomic mass is 35.5. The van der Waals surface area contributed by atoms with E-state index in [0.29, 0.717) is 6.07 Å². The fourth-order valence-corrected chi connectivity index (χ4v) is 1.13. The lowest BCUT2D eigenvalue weighted by atomic mass is 10.2. The Morgan fingerprint density at radius 2 is 1.72 bits per heavy atom. The second-order valence-corrected chi connectivity index (χ2v) is 3.56. The first kappa shape index (κ1) is 14.6. The fourth-order valence-electron chi connectivity index (χ4n) is 0.920. The Morgan fingerprint density at radius 3 is 2.17 bits per heavy atom.